The first-order valence-corrected chi connectivity index (χ1v) is 16.2. The number of aliphatic hydroxyl groups excluding tert-OH is 2. The van der Waals surface area contributed by atoms with Crippen LogP contribution in [0.2, 0.25) is 0 Å². The number of carbonyl (C=O) groups excluding carboxylic acids is 1. The average molecular weight is 544 g/mol. The molecule has 0 rings (SSSR count). The molecule has 0 aliphatic rings. The molecule has 6 heteroatoms. The van der Waals surface area contributed by atoms with E-state index in [0.717, 1.165) is 45.1 Å². The largest absolute Gasteiger partial charge is 0.467 e. The zero-order valence-electron chi connectivity index (χ0n) is 25.8. The van der Waals surface area contributed by atoms with Crippen LogP contribution in [0.15, 0.2) is 0 Å². The molecule has 0 aromatic heterocycles. The van der Waals surface area contributed by atoms with Crippen LogP contribution in [0, 0.1) is 0 Å². The van der Waals surface area contributed by atoms with Gasteiger partial charge in [0.2, 0.25) is 0 Å². The number of ether oxygens (including phenoxy) is 2. The van der Waals surface area contributed by atoms with Gasteiger partial charge in [-0.25, -0.2) is 4.79 Å². The van der Waals surface area contributed by atoms with E-state index in [9.17, 15) is 15.0 Å². The second-order valence-electron chi connectivity index (χ2n) is 11.3. The fourth-order valence-corrected chi connectivity index (χ4v) is 5.19. The second-order valence-corrected chi connectivity index (χ2v) is 11.3. The average Bonchev–Trinajstić information content (AvgIpc) is 2.91. The Labute approximate surface area is 236 Å². The Kier molecular flexibility index (Phi) is 27.4. The number of carbonyl (C=O) groups is 1. The molecule has 0 heterocycles. The number of rotatable bonds is 29. The van der Waals surface area contributed by atoms with Gasteiger partial charge in [-0.05, 0) is 38.6 Å². The van der Waals surface area contributed by atoms with Crippen LogP contribution < -0.4 is 0 Å². The number of methoxy groups -OCH3 is 2. The van der Waals surface area contributed by atoms with Gasteiger partial charge < -0.3 is 19.7 Å². The molecule has 0 amide bonds. The Bertz CT molecular complexity index is 476. The van der Waals surface area contributed by atoms with Crippen molar-refractivity contribution in [3.05, 3.63) is 0 Å². The van der Waals surface area contributed by atoms with Gasteiger partial charge in [0.25, 0.3) is 0 Å². The van der Waals surface area contributed by atoms with Crippen LogP contribution in [-0.4, -0.2) is 73.2 Å². The topological polar surface area (TPSA) is 79.2 Å². The third-order valence-corrected chi connectivity index (χ3v) is 7.66. The molecule has 6 nitrogen and oxygen atoms in total. The van der Waals surface area contributed by atoms with Crippen LogP contribution in [-0.2, 0) is 14.3 Å². The Balaban J connectivity index is 4.40. The third kappa shape index (κ3) is 23.2. The maximum absolute atomic E-state index is 11.8. The van der Waals surface area contributed by atoms with Crippen LogP contribution in [0.5, 0.6) is 0 Å². The third-order valence-electron chi connectivity index (χ3n) is 7.66. The number of esters is 1. The highest BCUT2D eigenvalue weighted by atomic mass is 16.6. The van der Waals surface area contributed by atoms with Crippen molar-refractivity contribution in [3.63, 3.8) is 0 Å². The predicted molar refractivity (Wildman–Crippen MR) is 160 cm³/mol. The summed E-state index contributed by atoms with van der Waals surface area (Å²) in [5.74, 6) is -0.328. The summed E-state index contributed by atoms with van der Waals surface area (Å²) in [6, 6.07) is 0. The number of nitrogens with zero attached hydrogens (tertiary/aromatic N) is 1. The maximum atomic E-state index is 11.8. The maximum Gasteiger partial charge on any atom is 0.334 e. The molecule has 0 saturated heterocycles. The molecule has 38 heavy (non-hydrogen) atoms. The highest BCUT2D eigenvalue weighted by Gasteiger charge is 2.19. The van der Waals surface area contributed by atoms with E-state index in [0.29, 0.717) is 19.5 Å². The van der Waals surface area contributed by atoms with Gasteiger partial charge in [-0.1, -0.05) is 117 Å². The highest BCUT2D eigenvalue weighted by molar-refractivity contribution is 5.74. The molecule has 228 valence electrons. The van der Waals surface area contributed by atoms with Gasteiger partial charge in [0.05, 0.1) is 19.3 Å². The van der Waals surface area contributed by atoms with Gasteiger partial charge in [-0.15, -0.1) is 0 Å². The number of unbranched alkanes of at least 4 members (excludes halogenated alkanes) is 15. The van der Waals surface area contributed by atoms with E-state index in [4.69, 9.17) is 9.47 Å². The Hall–Kier alpha value is -0.690. The standard InChI is InChI=1S/C32H65NO5/c1-5-7-9-11-13-15-17-19-23-29(34)27-33(26-22-21-25-31(37-3)32(36)38-4)28-30(35)24-20-18-16-14-12-10-8-6-2/h29-31,34-35H,5-28H2,1-4H3/t29-,30-,31?/m1/s1. The predicted octanol–water partition coefficient (Wildman–Crippen LogP) is 7.43. The smallest absolute Gasteiger partial charge is 0.334 e. The summed E-state index contributed by atoms with van der Waals surface area (Å²) in [6.07, 6.45) is 23.1. The first-order chi connectivity index (χ1) is 18.5. The summed E-state index contributed by atoms with van der Waals surface area (Å²) in [7, 11) is 2.93. The SMILES string of the molecule is CCCCCCCCCC[C@@H](O)CN(CCCCC(OC)C(=O)OC)C[C@H](O)CCCCCCCCCC. The lowest BCUT2D eigenvalue weighted by molar-refractivity contribution is -0.152. The highest BCUT2D eigenvalue weighted by Crippen LogP contribution is 2.15. The molecule has 0 fully saturated rings. The van der Waals surface area contributed by atoms with E-state index >= 15 is 0 Å². The quantitative estimate of drug-likeness (QED) is 0.0754. The minimum absolute atomic E-state index is 0.328. The summed E-state index contributed by atoms with van der Waals surface area (Å²) in [5, 5.41) is 21.4. The molecule has 0 aromatic rings. The first-order valence-electron chi connectivity index (χ1n) is 16.2. The van der Waals surface area contributed by atoms with Gasteiger partial charge in [-0.2, -0.15) is 0 Å². The van der Waals surface area contributed by atoms with Gasteiger partial charge in [0.15, 0.2) is 6.10 Å². The van der Waals surface area contributed by atoms with Crippen LogP contribution in [0.1, 0.15) is 149 Å². The molecule has 0 aliphatic heterocycles. The van der Waals surface area contributed by atoms with Crippen molar-refractivity contribution in [3.8, 4) is 0 Å². The molecule has 3 atom stereocenters. The van der Waals surface area contributed by atoms with Crippen LogP contribution in [0.3, 0.4) is 0 Å². The fraction of sp³-hybridized carbons (Fsp3) is 0.969. The van der Waals surface area contributed by atoms with Crippen LogP contribution >= 0.6 is 0 Å². The molecule has 2 N–H and O–H groups in total. The molecule has 0 spiro atoms. The second kappa shape index (κ2) is 27.9. The molecule has 0 aliphatic carbocycles. The van der Waals surface area contributed by atoms with Crippen molar-refractivity contribution in [2.75, 3.05) is 33.9 Å². The Morgan fingerprint density at radius 3 is 1.39 bits per heavy atom. The number of hydrogen-bond donors (Lipinski definition) is 2. The van der Waals surface area contributed by atoms with E-state index in [-0.39, 0.29) is 18.2 Å². The van der Waals surface area contributed by atoms with Crippen LogP contribution in [0.4, 0.5) is 0 Å². The summed E-state index contributed by atoms with van der Waals surface area (Å²) >= 11 is 0. The number of hydrogen-bond acceptors (Lipinski definition) is 6. The molecule has 0 saturated carbocycles. The van der Waals surface area contributed by atoms with Crippen molar-refractivity contribution < 1.29 is 24.5 Å². The lowest BCUT2D eigenvalue weighted by Crippen LogP contribution is -2.38. The minimum atomic E-state index is -0.520. The lowest BCUT2D eigenvalue weighted by Gasteiger charge is -2.27. The van der Waals surface area contributed by atoms with Gasteiger partial charge in [-0.3, -0.25) is 4.90 Å². The van der Waals surface area contributed by atoms with Crippen molar-refractivity contribution in [2.45, 2.75) is 167 Å². The van der Waals surface area contributed by atoms with E-state index in [1.807, 2.05) is 0 Å². The first kappa shape index (κ1) is 37.3. The molecule has 0 aromatic carbocycles. The summed E-state index contributed by atoms with van der Waals surface area (Å²) < 4.78 is 10.1. The van der Waals surface area contributed by atoms with E-state index in [1.54, 1.807) is 0 Å². The summed E-state index contributed by atoms with van der Waals surface area (Å²) in [4.78, 5) is 14.0. The Morgan fingerprint density at radius 1 is 0.605 bits per heavy atom. The molecule has 0 bridgehead atoms. The van der Waals surface area contributed by atoms with E-state index in [1.165, 1.54) is 104 Å². The van der Waals surface area contributed by atoms with Gasteiger partial charge >= 0.3 is 5.97 Å². The van der Waals surface area contributed by atoms with Gasteiger partial charge in [0, 0.05) is 20.2 Å². The van der Waals surface area contributed by atoms with Crippen molar-refractivity contribution in [2.24, 2.45) is 0 Å². The van der Waals surface area contributed by atoms with Crippen LogP contribution in [0.25, 0.3) is 0 Å². The van der Waals surface area contributed by atoms with E-state index < -0.39 is 6.10 Å². The fourth-order valence-electron chi connectivity index (χ4n) is 5.19. The normalized spacial score (nSPS) is 14.1. The monoisotopic (exact) mass is 543 g/mol. The minimum Gasteiger partial charge on any atom is -0.467 e. The summed E-state index contributed by atoms with van der Waals surface area (Å²) in [6.45, 7) is 6.52. The van der Waals surface area contributed by atoms with Gasteiger partial charge in [0.1, 0.15) is 0 Å². The summed E-state index contributed by atoms with van der Waals surface area (Å²) in [5.41, 5.74) is 0. The lowest BCUT2D eigenvalue weighted by atomic mass is 10.0. The molecule has 1 unspecified atom stereocenters. The van der Waals surface area contributed by atoms with Crippen molar-refractivity contribution in [1.82, 2.24) is 4.90 Å². The zero-order chi connectivity index (χ0) is 28.3. The Morgan fingerprint density at radius 2 is 1.00 bits per heavy atom. The zero-order valence-corrected chi connectivity index (χ0v) is 25.8. The van der Waals surface area contributed by atoms with Crippen molar-refractivity contribution in [1.29, 1.82) is 0 Å². The van der Waals surface area contributed by atoms with E-state index in [2.05, 4.69) is 18.7 Å². The molecular formula is C32H65NO5. The number of aliphatic hydroxyl groups is 2. The molecular weight excluding hydrogens is 478 g/mol. The van der Waals surface area contributed by atoms with Crippen molar-refractivity contribution >= 4 is 5.97 Å². The molecule has 0 radical (unpaired) electrons.